The predicted octanol–water partition coefficient (Wildman–Crippen LogP) is 4.61. The first-order valence-corrected chi connectivity index (χ1v) is 7.03. The minimum absolute atomic E-state index is 0.158. The molecule has 0 fully saturated rings. The van der Waals surface area contributed by atoms with Gasteiger partial charge >= 0.3 is 0 Å². The van der Waals surface area contributed by atoms with Crippen LogP contribution in [0.4, 0.5) is 4.39 Å². The van der Waals surface area contributed by atoms with Gasteiger partial charge in [-0.15, -0.1) is 11.3 Å². The minimum atomic E-state index is -0.292. The van der Waals surface area contributed by atoms with Gasteiger partial charge in [-0.3, -0.25) is 0 Å². The number of nitrogens with one attached hydrogen (secondary N) is 1. The first-order chi connectivity index (χ1) is 8.11. The highest BCUT2D eigenvalue weighted by atomic mass is 79.9. The number of thiophene rings is 1. The fraction of sp³-hybridized carbons (Fsp3) is 0.167. The molecule has 0 aliphatic carbocycles. The quantitative estimate of drug-likeness (QED) is 0.864. The summed E-state index contributed by atoms with van der Waals surface area (Å²) in [6.07, 6.45) is 0. The van der Waals surface area contributed by atoms with Gasteiger partial charge < -0.3 is 5.32 Å². The second-order valence-electron chi connectivity index (χ2n) is 3.57. The first-order valence-electron chi connectivity index (χ1n) is 4.98. The molecule has 1 atom stereocenters. The molecule has 0 saturated heterocycles. The number of benzene rings is 1. The Morgan fingerprint density at radius 1 is 1.41 bits per heavy atom. The standard InChI is InChI=1S/C12H10BrClFNS/c1-16-12(7-4-11(13)17-6-7)9-3-2-8(14)5-10(9)15/h2-6,12,16H,1H3. The highest BCUT2D eigenvalue weighted by Crippen LogP contribution is 2.31. The van der Waals surface area contributed by atoms with Gasteiger partial charge in [0.1, 0.15) is 5.82 Å². The van der Waals surface area contributed by atoms with Crippen LogP contribution in [0.5, 0.6) is 0 Å². The summed E-state index contributed by atoms with van der Waals surface area (Å²) in [6, 6.07) is 6.58. The smallest absolute Gasteiger partial charge is 0.129 e. The van der Waals surface area contributed by atoms with Gasteiger partial charge in [-0.05, 0) is 52.1 Å². The van der Waals surface area contributed by atoms with Crippen molar-refractivity contribution in [1.29, 1.82) is 0 Å². The second-order valence-corrected chi connectivity index (χ2v) is 6.30. The summed E-state index contributed by atoms with van der Waals surface area (Å²) in [4.78, 5) is 0. The van der Waals surface area contributed by atoms with E-state index in [0.29, 0.717) is 10.6 Å². The molecule has 1 unspecified atom stereocenters. The topological polar surface area (TPSA) is 12.0 Å². The minimum Gasteiger partial charge on any atom is -0.309 e. The highest BCUT2D eigenvalue weighted by molar-refractivity contribution is 9.11. The Balaban J connectivity index is 2.42. The van der Waals surface area contributed by atoms with Crippen LogP contribution < -0.4 is 5.32 Å². The van der Waals surface area contributed by atoms with Crippen LogP contribution in [-0.4, -0.2) is 7.05 Å². The predicted molar refractivity (Wildman–Crippen MR) is 74.3 cm³/mol. The van der Waals surface area contributed by atoms with Crippen LogP contribution in [0, 0.1) is 5.82 Å². The third kappa shape index (κ3) is 2.88. The summed E-state index contributed by atoms with van der Waals surface area (Å²) in [6.45, 7) is 0. The fourth-order valence-corrected chi connectivity index (χ4v) is 3.07. The molecule has 1 nitrogen and oxygen atoms in total. The van der Waals surface area contributed by atoms with E-state index in [1.165, 1.54) is 6.07 Å². The van der Waals surface area contributed by atoms with Crippen molar-refractivity contribution in [2.24, 2.45) is 0 Å². The molecule has 90 valence electrons. The average Bonchev–Trinajstić information content (AvgIpc) is 2.69. The van der Waals surface area contributed by atoms with Crippen molar-refractivity contribution in [2.75, 3.05) is 7.05 Å². The molecule has 0 spiro atoms. The Bertz CT molecular complexity index is 529. The van der Waals surface area contributed by atoms with Crippen LogP contribution in [0.15, 0.2) is 33.4 Å². The summed E-state index contributed by atoms with van der Waals surface area (Å²) in [7, 11) is 1.81. The van der Waals surface area contributed by atoms with Crippen molar-refractivity contribution in [2.45, 2.75) is 6.04 Å². The molecule has 2 rings (SSSR count). The van der Waals surface area contributed by atoms with Gasteiger partial charge in [0.05, 0.1) is 9.83 Å². The number of rotatable bonds is 3. The molecule has 5 heteroatoms. The van der Waals surface area contributed by atoms with Crippen molar-refractivity contribution >= 4 is 38.9 Å². The Morgan fingerprint density at radius 3 is 2.71 bits per heavy atom. The largest absolute Gasteiger partial charge is 0.309 e. The molecule has 1 heterocycles. The Kier molecular flexibility index (Phi) is 4.20. The fourth-order valence-electron chi connectivity index (χ4n) is 1.71. The van der Waals surface area contributed by atoms with Crippen molar-refractivity contribution < 1.29 is 4.39 Å². The third-order valence-corrected chi connectivity index (χ3v) is 4.24. The average molecular weight is 335 g/mol. The highest BCUT2D eigenvalue weighted by Gasteiger charge is 2.17. The third-order valence-electron chi connectivity index (χ3n) is 2.48. The SMILES string of the molecule is CNC(c1csc(Br)c1)c1ccc(Cl)cc1F. The molecule has 0 radical (unpaired) electrons. The Morgan fingerprint density at radius 2 is 2.18 bits per heavy atom. The van der Waals surface area contributed by atoms with E-state index in [1.807, 2.05) is 18.5 Å². The van der Waals surface area contributed by atoms with Crippen LogP contribution in [0.2, 0.25) is 5.02 Å². The summed E-state index contributed by atoms with van der Waals surface area (Å²) >= 11 is 10.7. The van der Waals surface area contributed by atoms with Gasteiger partial charge in [-0.2, -0.15) is 0 Å². The zero-order valence-corrected chi connectivity index (χ0v) is 12.2. The zero-order valence-electron chi connectivity index (χ0n) is 9.01. The maximum absolute atomic E-state index is 13.8. The van der Waals surface area contributed by atoms with Crippen LogP contribution in [0.3, 0.4) is 0 Å². The zero-order chi connectivity index (χ0) is 12.4. The van der Waals surface area contributed by atoms with Gasteiger partial charge in [-0.1, -0.05) is 17.7 Å². The normalized spacial score (nSPS) is 12.7. The van der Waals surface area contributed by atoms with E-state index in [-0.39, 0.29) is 11.9 Å². The lowest BCUT2D eigenvalue weighted by molar-refractivity contribution is 0.577. The molecule has 0 amide bonds. The van der Waals surface area contributed by atoms with Gasteiger partial charge in [0, 0.05) is 10.6 Å². The molecule has 0 bridgehead atoms. The van der Waals surface area contributed by atoms with Crippen molar-refractivity contribution in [3.05, 3.63) is 55.4 Å². The van der Waals surface area contributed by atoms with E-state index in [1.54, 1.807) is 23.5 Å². The van der Waals surface area contributed by atoms with E-state index in [9.17, 15) is 4.39 Å². The van der Waals surface area contributed by atoms with Crippen LogP contribution in [0.1, 0.15) is 17.2 Å². The molecule has 0 aliphatic rings. The van der Waals surface area contributed by atoms with Gasteiger partial charge in [-0.25, -0.2) is 4.39 Å². The van der Waals surface area contributed by atoms with Gasteiger partial charge in [0.2, 0.25) is 0 Å². The molecule has 0 saturated carbocycles. The first kappa shape index (κ1) is 13.0. The Hall–Kier alpha value is -0.420. The molecule has 1 aromatic carbocycles. The molecule has 17 heavy (non-hydrogen) atoms. The van der Waals surface area contributed by atoms with Crippen LogP contribution in [-0.2, 0) is 0 Å². The second kappa shape index (κ2) is 5.48. The van der Waals surface area contributed by atoms with Crippen molar-refractivity contribution in [3.63, 3.8) is 0 Å². The monoisotopic (exact) mass is 333 g/mol. The van der Waals surface area contributed by atoms with Crippen LogP contribution >= 0.6 is 38.9 Å². The molecule has 1 aromatic heterocycles. The number of hydrogen-bond acceptors (Lipinski definition) is 2. The maximum Gasteiger partial charge on any atom is 0.129 e. The summed E-state index contributed by atoms with van der Waals surface area (Å²) < 4.78 is 14.9. The van der Waals surface area contributed by atoms with Gasteiger partial charge in [0.25, 0.3) is 0 Å². The maximum atomic E-state index is 13.8. The lowest BCUT2D eigenvalue weighted by atomic mass is 10.0. The molecular formula is C12H10BrClFNS. The van der Waals surface area contributed by atoms with Crippen LogP contribution in [0.25, 0.3) is 0 Å². The molecule has 0 aliphatic heterocycles. The number of hydrogen-bond donors (Lipinski definition) is 1. The lowest BCUT2D eigenvalue weighted by Gasteiger charge is -2.16. The molecule has 1 N–H and O–H groups in total. The van der Waals surface area contributed by atoms with E-state index in [4.69, 9.17) is 11.6 Å². The molecule has 2 aromatic rings. The summed E-state index contributed by atoms with van der Waals surface area (Å²) in [5.41, 5.74) is 1.63. The Labute approximate surface area is 117 Å². The number of halogens is 3. The van der Waals surface area contributed by atoms with E-state index in [2.05, 4.69) is 21.2 Å². The summed E-state index contributed by atoms with van der Waals surface area (Å²) in [5, 5.41) is 5.52. The van der Waals surface area contributed by atoms with Crippen molar-refractivity contribution in [1.82, 2.24) is 5.32 Å². The van der Waals surface area contributed by atoms with E-state index in [0.717, 1.165) is 9.35 Å². The van der Waals surface area contributed by atoms with E-state index < -0.39 is 0 Å². The van der Waals surface area contributed by atoms with Crippen molar-refractivity contribution in [3.8, 4) is 0 Å². The van der Waals surface area contributed by atoms with Gasteiger partial charge in [0.15, 0.2) is 0 Å². The lowest BCUT2D eigenvalue weighted by Crippen LogP contribution is -2.18. The summed E-state index contributed by atoms with van der Waals surface area (Å²) in [5.74, 6) is -0.292. The van der Waals surface area contributed by atoms with E-state index >= 15 is 0 Å². The molecular weight excluding hydrogens is 325 g/mol.